The summed E-state index contributed by atoms with van der Waals surface area (Å²) >= 11 is 0. The molecule has 4 nitrogen and oxygen atoms in total. The minimum absolute atomic E-state index is 0.0258. The molecule has 0 aromatic heterocycles. The Kier molecular flexibility index (Phi) is 5.22. The van der Waals surface area contributed by atoms with Crippen LogP contribution in [0, 0.1) is 17.6 Å². The van der Waals surface area contributed by atoms with E-state index in [1.807, 2.05) is 0 Å². The molecule has 0 amide bonds. The van der Waals surface area contributed by atoms with Crippen LogP contribution in [0.2, 0.25) is 0 Å². The van der Waals surface area contributed by atoms with Gasteiger partial charge in [-0.25, -0.2) is 8.78 Å². The van der Waals surface area contributed by atoms with Gasteiger partial charge in [0.05, 0.1) is 0 Å². The number of nitrogens with zero attached hydrogens (tertiary/aromatic N) is 1. The third-order valence-electron chi connectivity index (χ3n) is 5.68. The van der Waals surface area contributed by atoms with Crippen molar-refractivity contribution < 1.29 is 23.1 Å². The number of carbonyl (C=O) groups is 2. The zero-order valence-corrected chi connectivity index (χ0v) is 15.3. The van der Waals surface area contributed by atoms with Gasteiger partial charge in [-0.3, -0.25) is 14.5 Å². The van der Waals surface area contributed by atoms with Gasteiger partial charge in [-0.05, 0) is 67.9 Å². The van der Waals surface area contributed by atoms with Crippen molar-refractivity contribution in [2.75, 3.05) is 13.1 Å². The van der Waals surface area contributed by atoms with E-state index < -0.39 is 0 Å². The van der Waals surface area contributed by atoms with E-state index in [9.17, 15) is 18.4 Å². The largest absolute Gasteiger partial charge is 0.456 e. The van der Waals surface area contributed by atoms with E-state index in [-0.39, 0.29) is 41.5 Å². The molecule has 4 rings (SSSR count). The van der Waals surface area contributed by atoms with E-state index in [0.29, 0.717) is 37.9 Å². The van der Waals surface area contributed by atoms with E-state index in [1.54, 1.807) is 12.1 Å². The molecule has 2 saturated heterocycles. The Hall–Kier alpha value is -2.60. The maximum atomic E-state index is 13.1. The maximum absolute atomic E-state index is 13.1. The second-order valence-electron chi connectivity index (χ2n) is 7.41. The molecule has 2 aromatic rings. The molecule has 0 N–H and O–H groups in total. The van der Waals surface area contributed by atoms with Gasteiger partial charge in [0, 0.05) is 17.9 Å². The van der Waals surface area contributed by atoms with E-state index in [1.165, 1.54) is 36.4 Å². The number of Topliss-reactive ketones (excluding diaryl/α,β-unsaturated/α-hetero) is 1. The van der Waals surface area contributed by atoms with Crippen LogP contribution < -0.4 is 0 Å². The summed E-state index contributed by atoms with van der Waals surface area (Å²) in [5.74, 6) is -1.04. The van der Waals surface area contributed by atoms with Gasteiger partial charge in [0.1, 0.15) is 23.8 Å². The molecular formula is C22H21F2NO3. The SMILES string of the molecule is O=C(c1ccc(F)cc1)C1CCN(C2CC(c3ccc(F)cc3)OC2=O)CC1. The minimum Gasteiger partial charge on any atom is -0.456 e. The lowest BCUT2D eigenvalue weighted by molar-refractivity contribution is -0.145. The molecule has 2 unspecified atom stereocenters. The van der Waals surface area contributed by atoms with Crippen molar-refractivity contribution in [3.63, 3.8) is 0 Å². The van der Waals surface area contributed by atoms with Crippen molar-refractivity contribution in [2.24, 2.45) is 5.92 Å². The van der Waals surface area contributed by atoms with Gasteiger partial charge in [0.2, 0.25) is 0 Å². The second kappa shape index (κ2) is 7.80. The normalized spacial score (nSPS) is 23.6. The molecule has 28 heavy (non-hydrogen) atoms. The third kappa shape index (κ3) is 3.83. The highest BCUT2D eigenvalue weighted by Crippen LogP contribution is 2.34. The molecule has 0 saturated carbocycles. The first kappa shape index (κ1) is 18.7. The summed E-state index contributed by atoms with van der Waals surface area (Å²) in [5.41, 5.74) is 1.31. The van der Waals surface area contributed by atoms with Crippen LogP contribution in [-0.4, -0.2) is 35.8 Å². The number of esters is 1. The Morgan fingerprint density at radius 1 is 0.929 bits per heavy atom. The minimum atomic E-state index is -0.364. The molecule has 2 aliphatic rings. The zero-order chi connectivity index (χ0) is 19.7. The summed E-state index contributed by atoms with van der Waals surface area (Å²) in [6.45, 7) is 1.26. The predicted octanol–water partition coefficient (Wildman–Crippen LogP) is 3.92. The first-order valence-corrected chi connectivity index (χ1v) is 9.51. The Labute approximate surface area is 162 Å². The number of rotatable bonds is 4. The number of ether oxygens (including phenoxy) is 1. The first-order valence-electron chi connectivity index (χ1n) is 9.51. The van der Waals surface area contributed by atoms with Gasteiger partial charge in [-0.2, -0.15) is 0 Å². The number of hydrogen-bond acceptors (Lipinski definition) is 4. The molecule has 2 atom stereocenters. The zero-order valence-electron chi connectivity index (χ0n) is 15.3. The molecule has 2 aromatic carbocycles. The fourth-order valence-electron chi connectivity index (χ4n) is 4.07. The van der Waals surface area contributed by atoms with Crippen molar-refractivity contribution in [2.45, 2.75) is 31.4 Å². The lowest BCUT2D eigenvalue weighted by Gasteiger charge is -2.33. The van der Waals surface area contributed by atoms with Gasteiger partial charge >= 0.3 is 5.97 Å². The lowest BCUT2D eigenvalue weighted by Crippen LogP contribution is -2.44. The number of piperidine rings is 1. The van der Waals surface area contributed by atoms with Crippen LogP contribution in [0.5, 0.6) is 0 Å². The highest BCUT2D eigenvalue weighted by Gasteiger charge is 2.41. The molecule has 2 heterocycles. The second-order valence-corrected chi connectivity index (χ2v) is 7.41. The summed E-state index contributed by atoms with van der Waals surface area (Å²) in [7, 11) is 0. The van der Waals surface area contributed by atoms with Gasteiger partial charge in [0.25, 0.3) is 0 Å². The number of ketones is 1. The van der Waals surface area contributed by atoms with Crippen molar-refractivity contribution >= 4 is 11.8 Å². The lowest BCUT2D eigenvalue weighted by atomic mass is 9.88. The molecule has 0 bridgehead atoms. The number of likely N-dealkylation sites (tertiary alicyclic amines) is 1. The number of hydrogen-bond donors (Lipinski definition) is 0. The van der Waals surface area contributed by atoms with Crippen LogP contribution in [0.25, 0.3) is 0 Å². The topological polar surface area (TPSA) is 46.6 Å². The van der Waals surface area contributed by atoms with Crippen LogP contribution in [0.15, 0.2) is 48.5 Å². The molecule has 0 radical (unpaired) electrons. The summed E-state index contributed by atoms with van der Waals surface area (Å²) in [6, 6.07) is 11.3. The predicted molar refractivity (Wildman–Crippen MR) is 98.7 cm³/mol. The summed E-state index contributed by atoms with van der Waals surface area (Å²) in [4.78, 5) is 27.0. The van der Waals surface area contributed by atoms with Crippen LogP contribution in [0.3, 0.4) is 0 Å². The Bertz CT molecular complexity index is 858. The van der Waals surface area contributed by atoms with Crippen LogP contribution in [0.1, 0.15) is 41.3 Å². The molecular weight excluding hydrogens is 364 g/mol. The standard InChI is InChI=1S/C22H21F2NO3/c23-17-5-1-14(2-6-17)20-13-19(22(27)28-20)25-11-9-16(10-12-25)21(26)15-3-7-18(24)8-4-15/h1-8,16,19-20H,9-13H2. The van der Waals surface area contributed by atoms with Crippen LogP contribution in [0.4, 0.5) is 8.78 Å². The summed E-state index contributed by atoms with van der Waals surface area (Å²) < 4.78 is 31.6. The third-order valence-corrected chi connectivity index (χ3v) is 5.68. The monoisotopic (exact) mass is 385 g/mol. The molecule has 2 fully saturated rings. The molecule has 0 aliphatic carbocycles. The number of carbonyl (C=O) groups excluding carboxylic acids is 2. The van der Waals surface area contributed by atoms with E-state index in [4.69, 9.17) is 4.74 Å². The fourth-order valence-corrected chi connectivity index (χ4v) is 4.07. The van der Waals surface area contributed by atoms with E-state index in [0.717, 1.165) is 5.56 Å². The van der Waals surface area contributed by atoms with Gasteiger partial charge in [-0.1, -0.05) is 12.1 Å². The highest BCUT2D eigenvalue weighted by molar-refractivity contribution is 5.97. The first-order chi connectivity index (χ1) is 13.5. The molecule has 2 aliphatic heterocycles. The quantitative estimate of drug-likeness (QED) is 0.591. The van der Waals surface area contributed by atoms with Gasteiger partial charge < -0.3 is 4.74 Å². The average molecular weight is 385 g/mol. The van der Waals surface area contributed by atoms with Crippen molar-refractivity contribution in [1.82, 2.24) is 4.90 Å². The van der Waals surface area contributed by atoms with Crippen LogP contribution in [-0.2, 0) is 9.53 Å². The van der Waals surface area contributed by atoms with Crippen molar-refractivity contribution in [3.05, 3.63) is 71.3 Å². The number of benzene rings is 2. The Morgan fingerprint density at radius 2 is 1.50 bits per heavy atom. The van der Waals surface area contributed by atoms with Crippen LogP contribution >= 0.6 is 0 Å². The maximum Gasteiger partial charge on any atom is 0.324 e. The van der Waals surface area contributed by atoms with Crippen molar-refractivity contribution in [1.29, 1.82) is 0 Å². The average Bonchev–Trinajstić information content (AvgIpc) is 3.10. The Morgan fingerprint density at radius 3 is 2.11 bits per heavy atom. The van der Waals surface area contributed by atoms with E-state index in [2.05, 4.69) is 4.90 Å². The van der Waals surface area contributed by atoms with Gasteiger partial charge in [0.15, 0.2) is 5.78 Å². The molecule has 146 valence electrons. The number of halogens is 2. The smallest absolute Gasteiger partial charge is 0.324 e. The van der Waals surface area contributed by atoms with Crippen molar-refractivity contribution in [3.8, 4) is 0 Å². The Balaban J connectivity index is 1.35. The fraction of sp³-hybridized carbons (Fsp3) is 0.364. The molecule has 0 spiro atoms. The highest BCUT2D eigenvalue weighted by atomic mass is 19.1. The number of cyclic esters (lactones) is 1. The molecule has 6 heteroatoms. The van der Waals surface area contributed by atoms with E-state index >= 15 is 0 Å². The summed E-state index contributed by atoms with van der Waals surface area (Å²) in [6.07, 6.45) is 1.47. The van der Waals surface area contributed by atoms with Gasteiger partial charge in [-0.15, -0.1) is 0 Å². The summed E-state index contributed by atoms with van der Waals surface area (Å²) in [5, 5.41) is 0.